The Hall–Kier alpha value is -1.15. The van der Waals surface area contributed by atoms with E-state index in [4.69, 9.17) is 0 Å². The van der Waals surface area contributed by atoms with E-state index in [-0.39, 0.29) is 10.7 Å². The van der Waals surface area contributed by atoms with Gasteiger partial charge in [-0.2, -0.15) is 0 Å². The molecule has 0 radical (unpaired) electrons. The highest BCUT2D eigenvalue weighted by molar-refractivity contribution is 7.89. The normalized spacial score (nSPS) is 31.1. The van der Waals surface area contributed by atoms with Crippen LogP contribution in [-0.4, -0.2) is 73.3 Å². The van der Waals surface area contributed by atoms with Gasteiger partial charge in [0.25, 0.3) is 0 Å². The van der Waals surface area contributed by atoms with Gasteiger partial charge in [0.2, 0.25) is 10.0 Å². The van der Waals surface area contributed by atoms with E-state index < -0.39 is 10.0 Å². The van der Waals surface area contributed by atoms with E-state index >= 15 is 0 Å². The largest absolute Gasteiger partial charge is 0.508 e. The van der Waals surface area contributed by atoms with Crippen LogP contribution in [0.25, 0.3) is 0 Å². The molecule has 7 heteroatoms. The van der Waals surface area contributed by atoms with Crippen molar-refractivity contribution in [2.45, 2.75) is 69.2 Å². The van der Waals surface area contributed by atoms with E-state index in [0.717, 1.165) is 38.8 Å². The molecule has 0 amide bonds. The van der Waals surface area contributed by atoms with Crippen LogP contribution in [0.5, 0.6) is 5.75 Å². The Bertz CT molecular complexity index is 880. The van der Waals surface area contributed by atoms with Crippen LogP contribution < -0.4 is 5.32 Å². The maximum atomic E-state index is 12.4. The predicted molar refractivity (Wildman–Crippen MR) is 120 cm³/mol. The lowest BCUT2D eigenvalue weighted by molar-refractivity contribution is 0.0620. The molecule has 3 atom stereocenters. The highest BCUT2D eigenvalue weighted by Crippen LogP contribution is 2.45. The first kappa shape index (κ1) is 22.1. The van der Waals surface area contributed by atoms with Crippen LogP contribution in [0, 0.1) is 5.92 Å². The zero-order valence-corrected chi connectivity index (χ0v) is 19.6. The van der Waals surface area contributed by atoms with Crippen molar-refractivity contribution in [3.8, 4) is 5.75 Å². The fraction of sp³-hybridized carbons (Fsp3) is 0.739. The van der Waals surface area contributed by atoms with Crippen LogP contribution in [0.3, 0.4) is 0 Å². The van der Waals surface area contributed by atoms with Crippen molar-refractivity contribution in [2.75, 3.05) is 33.2 Å². The maximum absolute atomic E-state index is 12.4. The molecule has 0 saturated carbocycles. The first-order valence-corrected chi connectivity index (χ1v) is 12.9. The molecule has 168 valence electrons. The number of likely N-dealkylation sites (N-methyl/N-ethyl adjacent to an activating group) is 1. The molecular weight excluding hydrogens is 398 g/mol. The van der Waals surface area contributed by atoms with Crippen LogP contribution in [0.4, 0.5) is 0 Å². The number of aromatic hydroxyl groups is 1. The van der Waals surface area contributed by atoms with Crippen molar-refractivity contribution in [1.82, 2.24) is 14.5 Å². The average Bonchev–Trinajstić information content (AvgIpc) is 2.71. The second-order valence-corrected chi connectivity index (χ2v) is 12.6. The summed E-state index contributed by atoms with van der Waals surface area (Å²) in [5.74, 6) is 0.855. The summed E-state index contributed by atoms with van der Waals surface area (Å²) in [4.78, 5) is 2.48. The lowest BCUT2D eigenvalue weighted by Crippen LogP contribution is -2.66. The molecule has 2 N–H and O–H groups in total. The number of sulfonamides is 1. The molecule has 2 bridgehead atoms. The summed E-state index contributed by atoms with van der Waals surface area (Å²) in [5, 5.41) is 13.7. The zero-order valence-electron chi connectivity index (χ0n) is 18.8. The Morgan fingerprint density at radius 3 is 2.60 bits per heavy atom. The first-order valence-electron chi connectivity index (χ1n) is 11.4. The van der Waals surface area contributed by atoms with Gasteiger partial charge in [-0.25, -0.2) is 12.7 Å². The Morgan fingerprint density at radius 1 is 1.23 bits per heavy atom. The number of fused-ring (bicyclic) bond motifs is 4. The summed E-state index contributed by atoms with van der Waals surface area (Å²) in [6.07, 6.45) is 3.91. The van der Waals surface area contributed by atoms with E-state index in [1.54, 1.807) is 18.2 Å². The van der Waals surface area contributed by atoms with Gasteiger partial charge in [0.05, 0.1) is 5.25 Å². The van der Waals surface area contributed by atoms with Gasteiger partial charge in [0.15, 0.2) is 0 Å². The predicted octanol–water partition coefficient (Wildman–Crippen LogP) is 2.32. The number of rotatable bonds is 5. The van der Waals surface area contributed by atoms with Crippen LogP contribution in [-0.2, 0) is 21.9 Å². The molecular formula is C23H37N3O3S. The van der Waals surface area contributed by atoms with Gasteiger partial charge in [-0.05, 0) is 88.8 Å². The van der Waals surface area contributed by atoms with E-state index in [0.29, 0.717) is 36.8 Å². The molecule has 1 aromatic rings. The maximum Gasteiger partial charge on any atom is 0.216 e. The number of phenolic OH excluding ortho intramolecular Hbond substituents is 1. The monoisotopic (exact) mass is 435 g/mol. The van der Waals surface area contributed by atoms with Crippen LogP contribution in [0.1, 0.15) is 51.2 Å². The Labute approximate surface area is 181 Å². The van der Waals surface area contributed by atoms with E-state index in [1.807, 2.05) is 12.1 Å². The molecule has 2 aliphatic heterocycles. The second-order valence-electron chi connectivity index (χ2n) is 10.1. The third-order valence-corrected chi connectivity index (χ3v) is 10.2. The Balaban J connectivity index is 1.45. The lowest BCUT2D eigenvalue weighted by Gasteiger charge is -2.55. The molecule has 2 fully saturated rings. The molecule has 0 spiro atoms. The quantitative estimate of drug-likeness (QED) is 0.743. The molecule has 0 aromatic heterocycles. The summed E-state index contributed by atoms with van der Waals surface area (Å²) >= 11 is 0. The van der Waals surface area contributed by atoms with Gasteiger partial charge in [0, 0.05) is 30.6 Å². The highest BCUT2D eigenvalue weighted by atomic mass is 32.2. The molecule has 0 unspecified atom stereocenters. The van der Waals surface area contributed by atoms with Crippen molar-refractivity contribution >= 4 is 10.0 Å². The highest BCUT2D eigenvalue weighted by Gasteiger charge is 2.49. The second kappa shape index (κ2) is 8.08. The minimum atomic E-state index is -3.14. The van der Waals surface area contributed by atoms with E-state index in [1.165, 1.54) is 11.1 Å². The topological polar surface area (TPSA) is 72.9 Å². The van der Waals surface area contributed by atoms with Crippen molar-refractivity contribution in [3.05, 3.63) is 29.3 Å². The molecule has 2 heterocycles. The molecule has 4 rings (SSSR count). The summed E-state index contributed by atoms with van der Waals surface area (Å²) in [7, 11) is -0.921. The molecule has 2 saturated heterocycles. The Morgan fingerprint density at radius 2 is 1.93 bits per heavy atom. The molecule has 30 heavy (non-hydrogen) atoms. The van der Waals surface area contributed by atoms with Crippen LogP contribution in [0.15, 0.2) is 18.2 Å². The number of nitrogens with one attached hydrogen (secondary N) is 1. The SMILES string of the molecule is CC(C)S(=O)(=O)N1CCC(CN[C@H]2[C@H]3Cc4ccc(O)cc4[C@]2(C)CCN3C)CC1. The van der Waals surface area contributed by atoms with Crippen molar-refractivity contribution in [1.29, 1.82) is 0 Å². The number of hydrogen-bond donors (Lipinski definition) is 2. The van der Waals surface area contributed by atoms with Crippen LogP contribution >= 0.6 is 0 Å². The van der Waals surface area contributed by atoms with Crippen molar-refractivity contribution < 1.29 is 13.5 Å². The fourth-order valence-electron chi connectivity index (χ4n) is 5.81. The third-order valence-electron chi connectivity index (χ3n) is 7.91. The number of hydrogen-bond acceptors (Lipinski definition) is 5. The van der Waals surface area contributed by atoms with Crippen LogP contribution in [0.2, 0.25) is 0 Å². The number of benzene rings is 1. The molecule has 1 aliphatic carbocycles. The fourth-order valence-corrected chi connectivity index (χ4v) is 7.12. The smallest absolute Gasteiger partial charge is 0.216 e. The minimum absolute atomic E-state index is 0.00514. The standard InChI is InChI=1S/C23H37N3O3S/c1-16(2)30(28,29)26-10-7-17(8-11-26)15-24-22-21-13-18-5-6-19(27)14-20(18)23(22,3)9-12-25(21)4/h5-6,14,16-17,21-22,24,27H,7-13,15H2,1-4H3/t21-,22+,23+/m1/s1. The molecule has 6 nitrogen and oxygen atoms in total. The minimum Gasteiger partial charge on any atom is -0.508 e. The van der Waals surface area contributed by atoms with E-state index in [9.17, 15) is 13.5 Å². The summed E-state index contributed by atoms with van der Waals surface area (Å²) in [5.41, 5.74) is 2.66. The van der Waals surface area contributed by atoms with Gasteiger partial charge in [-0.1, -0.05) is 13.0 Å². The third kappa shape index (κ3) is 3.78. The van der Waals surface area contributed by atoms with E-state index in [2.05, 4.69) is 30.3 Å². The average molecular weight is 436 g/mol. The number of phenols is 1. The van der Waals surface area contributed by atoms with Crippen molar-refractivity contribution in [2.24, 2.45) is 5.92 Å². The number of likely N-dealkylation sites (tertiary alicyclic amines) is 1. The van der Waals surface area contributed by atoms with Gasteiger partial charge in [-0.3, -0.25) is 0 Å². The molecule has 1 aromatic carbocycles. The lowest BCUT2D eigenvalue weighted by atomic mass is 9.61. The van der Waals surface area contributed by atoms with Gasteiger partial charge < -0.3 is 15.3 Å². The number of piperidine rings is 2. The van der Waals surface area contributed by atoms with Gasteiger partial charge >= 0.3 is 0 Å². The molecule has 3 aliphatic rings. The Kier molecular flexibility index (Phi) is 5.94. The van der Waals surface area contributed by atoms with Gasteiger partial charge in [0.1, 0.15) is 5.75 Å². The zero-order chi connectivity index (χ0) is 21.7. The first-order chi connectivity index (χ1) is 14.1. The van der Waals surface area contributed by atoms with Crippen molar-refractivity contribution in [3.63, 3.8) is 0 Å². The summed E-state index contributed by atoms with van der Waals surface area (Å²) in [6, 6.07) is 6.66. The van der Waals surface area contributed by atoms with Gasteiger partial charge in [-0.15, -0.1) is 0 Å². The summed E-state index contributed by atoms with van der Waals surface area (Å²) in [6.45, 7) is 9.13. The number of nitrogens with zero attached hydrogens (tertiary/aromatic N) is 2. The summed E-state index contributed by atoms with van der Waals surface area (Å²) < 4.78 is 26.6.